The van der Waals surface area contributed by atoms with Crippen LogP contribution in [0.2, 0.25) is 0 Å². The van der Waals surface area contributed by atoms with Gasteiger partial charge in [-0.25, -0.2) is 0 Å². The average Bonchev–Trinajstić information content (AvgIpc) is 3.00. The van der Waals surface area contributed by atoms with Crippen molar-refractivity contribution in [1.82, 2.24) is 0 Å². The second-order valence-corrected chi connectivity index (χ2v) is 9.34. The average molecular weight is 392 g/mol. The summed E-state index contributed by atoms with van der Waals surface area (Å²) in [6, 6.07) is 0. The van der Waals surface area contributed by atoms with Crippen molar-refractivity contribution in [3.8, 4) is 0 Å². The van der Waals surface area contributed by atoms with Crippen molar-refractivity contribution in [3.63, 3.8) is 0 Å². The molecule has 6 heteroatoms. The lowest BCUT2D eigenvalue weighted by Gasteiger charge is -2.54. The van der Waals surface area contributed by atoms with Crippen LogP contribution in [0.5, 0.6) is 0 Å². The number of nitrogens with two attached hydrogens (primary N) is 1. The van der Waals surface area contributed by atoms with Gasteiger partial charge in [-0.05, 0) is 55.3 Å². The molecule has 0 aromatic rings. The number of primary amides is 1. The number of carbonyl (C=O) groups excluding carboxylic acids is 3. The predicted octanol–water partition coefficient (Wildman–Crippen LogP) is 2.99. The van der Waals surface area contributed by atoms with Gasteiger partial charge in [-0.3, -0.25) is 14.4 Å². The zero-order chi connectivity index (χ0) is 20.7. The van der Waals surface area contributed by atoms with Crippen LogP contribution in [0, 0.1) is 34.5 Å². The van der Waals surface area contributed by atoms with Crippen molar-refractivity contribution in [3.05, 3.63) is 11.8 Å². The summed E-state index contributed by atoms with van der Waals surface area (Å²) < 4.78 is 10.7. The number of hydrogen-bond acceptors (Lipinski definition) is 5. The van der Waals surface area contributed by atoms with E-state index in [0.29, 0.717) is 18.6 Å². The highest BCUT2D eigenvalue weighted by atomic mass is 16.5. The van der Waals surface area contributed by atoms with E-state index in [9.17, 15) is 14.4 Å². The van der Waals surface area contributed by atoms with Crippen LogP contribution in [0.25, 0.3) is 0 Å². The van der Waals surface area contributed by atoms with Crippen LogP contribution in [0.3, 0.4) is 0 Å². The van der Waals surface area contributed by atoms with Gasteiger partial charge < -0.3 is 15.2 Å². The largest absolute Gasteiger partial charge is 0.500 e. The Balaban J connectivity index is 1.98. The van der Waals surface area contributed by atoms with Crippen LogP contribution in [-0.2, 0) is 23.9 Å². The molecule has 6 atom stereocenters. The van der Waals surface area contributed by atoms with Crippen LogP contribution in [0.1, 0.15) is 58.8 Å². The molecule has 156 valence electrons. The van der Waals surface area contributed by atoms with E-state index in [1.54, 1.807) is 13.2 Å². The Kier molecular flexibility index (Phi) is 5.61. The standard InChI is InChI=1S/C22H33NO5/c1-21-10-8-16(22(2)9-7-13(24)11-18(22)27-3)14(12-19(23)25)15(21)5-6-17(21)20(26)28-4/h11,14-17H,5-10,12H2,1-4H3,(H2,23,25)/t14-,15-,16-,17+,21-,22+/m0/s1. The summed E-state index contributed by atoms with van der Waals surface area (Å²) in [6.45, 7) is 4.33. The first-order valence-corrected chi connectivity index (χ1v) is 10.3. The third-order valence-electron chi connectivity index (χ3n) is 8.14. The maximum absolute atomic E-state index is 12.4. The Morgan fingerprint density at radius 2 is 1.86 bits per heavy atom. The maximum atomic E-state index is 12.4. The number of ketones is 1. The van der Waals surface area contributed by atoms with Gasteiger partial charge >= 0.3 is 5.97 Å². The molecule has 1 amide bonds. The molecular formula is C22H33NO5. The van der Waals surface area contributed by atoms with E-state index in [4.69, 9.17) is 15.2 Å². The number of rotatable bonds is 5. The molecule has 3 aliphatic rings. The molecule has 0 bridgehead atoms. The van der Waals surface area contributed by atoms with E-state index >= 15 is 0 Å². The Bertz CT molecular complexity index is 701. The van der Waals surface area contributed by atoms with Crippen molar-refractivity contribution in [2.75, 3.05) is 14.2 Å². The summed E-state index contributed by atoms with van der Waals surface area (Å²) in [6.07, 6.45) is 6.61. The first kappa shape index (κ1) is 20.9. The summed E-state index contributed by atoms with van der Waals surface area (Å²) in [5.74, 6) is 0.721. The Hall–Kier alpha value is -1.85. The molecule has 2 fully saturated rings. The highest BCUT2D eigenvalue weighted by Crippen LogP contribution is 2.64. The Morgan fingerprint density at radius 3 is 2.46 bits per heavy atom. The molecule has 2 saturated carbocycles. The lowest BCUT2D eigenvalue weighted by Crippen LogP contribution is -2.50. The van der Waals surface area contributed by atoms with Crippen molar-refractivity contribution >= 4 is 17.7 Å². The first-order valence-electron chi connectivity index (χ1n) is 10.3. The fourth-order valence-electron chi connectivity index (χ4n) is 6.67. The number of amides is 1. The quantitative estimate of drug-likeness (QED) is 0.727. The summed E-state index contributed by atoms with van der Waals surface area (Å²) in [7, 11) is 3.06. The molecular weight excluding hydrogens is 358 g/mol. The molecule has 0 heterocycles. The third kappa shape index (κ3) is 3.25. The van der Waals surface area contributed by atoms with Crippen LogP contribution in [-0.4, -0.2) is 31.9 Å². The van der Waals surface area contributed by atoms with E-state index in [-0.39, 0.29) is 52.2 Å². The second-order valence-electron chi connectivity index (χ2n) is 9.34. The topological polar surface area (TPSA) is 95.7 Å². The summed E-state index contributed by atoms with van der Waals surface area (Å²) in [5, 5.41) is 0. The van der Waals surface area contributed by atoms with Gasteiger partial charge in [0.2, 0.25) is 5.91 Å². The smallest absolute Gasteiger partial charge is 0.309 e. The van der Waals surface area contributed by atoms with Crippen LogP contribution in [0.15, 0.2) is 11.8 Å². The lowest BCUT2D eigenvalue weighted by atomic mass is 9.51. The van der Waals surface area contributed by atoms with E-state index in [0.717, 1.165) is 32.1 Å². The zero-order valence-corrected chi connectivity index (χ0v) is 17.5. The predicted molar refractivity (Wildman–Crippen MR) is 104 cm³/mol. The normalized spacial score (nSPS) is 40.4. The number of esters is 1. The second kappa shape index (κ2) is 7.53. The molecule has 28 heavy (non-hydrogen) atoms. The summed E-state index contributed by atoms with van der Waals surface area (Å²) in [5.41, 5.74) is 5.19. The molecule has 3 rings (SSSR count). The van der Waals surface area contributed by atoms with Gasteiger partial charge in [-0.15, -0.1) is 0 Å². The Labute approximate surface area is 167 Å². The van der Waals surface area contributed by atoms with Gasteiger partial charge in [0, 0.05) is 24.3 Å². The molecule has 2 N–H and O–H groups in total. The Morgan fingerprint density at radius 1 is 1.14 bits per heavy atom. The number of ether oxygens (including phenoxy) is 2. The summed E-state index contributed by atoms with van der Waals surface area (Å²) in [4.78, 5) is 36.4. The van der Waals surface area contributed by atoms with Gasteiger partial charge in [-0.1, -0.05) is 13.8 Å². The minimum Gasteiger partial charge on any atom is -0.500 e. The van der Waals surface area contributed by atoms with Gasteiger partial charge in [0.1, 0.15) is 5.76 Å². The molecule has 0 aliphatic heterocycles. The molecule has 0 radical (unpaired) electrons. The van der Waals surface area contributed by atoms with Gasteiger partial charge in [0.15, 0.2) is 5.78 Å². The number of allylic oxidation sites excluding steroid dienone is 2. The minimum absolute atomic E-state index is 0.0719. The van der Waals surface area contributed by atoms with E-state index in [1.807, 2.05) is 0 Å². The third-order valence-corrected chi connectivity index (χ3v) is 8.14. The first-order chi connectivity index (χ1) is 13.2. The van der Waals surface area contributed by atoms with Crippen LogP contribution < -0.4 is 5.73 Å². The molecule has 0 saturated heterocycles. The van der Waals surface area contributed by atoms with Gasteiger partial charge in [-0.2, -0.15) is 0 Å². The van der Waals surface area contributed by atoms with Crippen LogP contribution >= 0.6 is 0 Å². The number of methoxy groups -OCH3 is 2. The summed E-state index contributed by atoms with van der Waals surface area (Å²) >= 11 is 0. The minimum atomic E-state index is -0.306. The van der Waals surface area contributed by atoms with Gasteiger partial charge in [0.25, 0.3) is 0 Å². The van der Waals surface area contributed by atoms with E-state index in [1.165, 1.54) is 7.11 Å². The maximum Gasteiger partial charge on any atom is 0.309 e. The van der Waals surface area contributed by atoms with Crippen molar-refractivity contribution < 1.29 is 23.9 Å². The highest BCUT2D eigenvalue weighted by molar-refractivity contribution is 5.91. The highest BCUT2D eigenvalue weighted by Gasteiger charge is 2.59. The molecule has 0 unspecified atom stereocenters. The fraction of sp³-hybridized carbons (Fsp3) is 0.773. The number of hydrogen-bond donors (Lipinski definition) is 1. The molecule has 0 spiro atoms. The zero-order valence-electron chi connectivity index (χ0n) is 17.5. The number of carbonyl (C=O) groups is 3. The van der Waals surface area contributed by atoms with Crippen LogP contribution in [0.4, 0.5) is 0 Å². The lowest BCUT2D eigenvalue weighted by molar-refractivity contribution is -0.152. The fourth-order valence-corrected chi connectivity index (χ4v) is 6.67. The molecule has 6 nitrogen and oxygen atoms in total. The monoisotopic (exact) mass is 391 g/mol. The van der Waals surface area contributed by atoms with Crippen molar-refractivity contribution in [1.29, 1.82) is 0 Å². The SMILES string of the molecule is COC(=O)[C@H]1CC[C@H]2[C@H](CC(N)=O)[C@@H]([C@@]3(C)CCC(=O)C=C3OC)CC[C@]12C. The molecule has 0 aromatic heterocycles. The van der Waals surface area contributed by atoms with E-state index in [2.05, 4.69) is 13.8 Å². The number of fused-ring (bicyclic) bond motifs is 1. The molecule has 3 aliphatic carbocycles. The van der Waals surface area contributed by atoms with E-state index < -0.39 is 0 Å². The molecule has 0 aromatic carbocycles. The van der Waals surface area contributed by atoms with Gasteiger partial charge in [0.05, 0.1) is 20.1 Å². The van der Waals surface area contributed by atoms with Crippen molar-refractivity contribution in [2.24, 2.45) is 40.2 Å². The van der Waals surface area contributed by atoms with Crippen molar-refractivity contribution in [2.45, 2.75) is 58.8 Å².